The number of hydrogen-bond donors (Lipinski definition) is 1. The molecule has 0 saturated carbocycles. The summed E-state index contributed by atoms with van der Waals surface area (Å²) >= 11 is 0. The molecule has 0 aliphatic carbocycles. The second-order valence-corrected chi connectivity index (χ2v) is 6.85. The maximum Gasteiger partial charge on any atom is 0.193 e. The monoisotopic (exact) mass is 478 g/mol. The number of ether oxygens (including phenoxy) is 1. The molecular weight excluding hydrogens is 446 g/mol. The van der Waals surface area contributed by atoms with Crippen molar-refractivity contribution in [3.8, 4) is 0 Å². The molecule has 1 aliphatic heterocycles. The normalized spacial score (nSPS) is 15.3. The second-order valence-electron chi connectivity index (χ2n) is 6.85. The summed E-state index contributed by atoms with van der Waals surface area (Å²) in [7, 11) is 7.50. The van der Waals surface area contributed by atoms with Gasteiger partial charge in [0.05, 0.1) is 5.69 Å². The molecule has 0 spiro atoms. The number of rotatable bonds is 6. The Hall–Kier alpha value is -1.09. The molecule has 1 heterocycles. The summed E-state index contributed by atoms with van der Waals surface area (Å²) in [5.41, 5.74) is 1.50. The topological polar surface area (TPSA) is 40.1 Å². The van der Waals surface area contributed by atoms with Gasteiger partial charge < -0.3 is 19.9 Å². The summed E-state index contributed by atoms with van der Waals surface area (Å²) in [6, 6.07) is 5.34. The first-order chi connectivity index (χ1) is 12.0. The van der Waals surface area contributed by atoms with Crippen molar-refractivity contribution in [2.24, 2.45) is 10.9 Å². The van der Waals surface area contributed by atoms with E-state index in [2.05, 4.69) is 15.2 Å². The van der Waals surface area contributed by atoms with Crippen LogP contribution in [0.25, 0.3) is 0 Å². The Balaban J connectivity index is 0.00000338. The molecule has 0 atom stereocenters. The maximum atomic E-state index is 14.1. The van der Waals surface area contributed by atoms with Crippen LogP contribution < -0.4 is 10.2 Å². The molecule has 1 aliphatic rings. The van der Waals surface area contributed by atoms with Crippen molar-refractivity contribution in [3.05, 3.63) is 29.6 Å². The zero-order valence-electron chi connectivity index (χ0n) is 16.3. The standard InChI is InChI=1S/C19H31FN4O.HI/c1-21-19(24(4)10-7-15-8-11-25-12-9-15)22-14-16-5-6-18(23(2)3)17(20)13-16;/h5-6,13,15H,7-12,14H2,1-4H3,(H,21,22);1H. The van der Waals surface area contributed by atoms with Gasteiger partial charge in [-0.15, -0.1) is 24.0 Å². The van der Waals surface area contributed by atoms with E-state index >= 15 is 0 Å². The van der Waals surface area contributed by atoms with Crippen molar-refractivity contribution in [2.75, 3.05) is 52.8 Å². The molecule has 1 fully saturated rings. The SMILES string of the molecule is CN=C(NCc1ccc(N(C)C)c(F)c1)N(C)CCC1CCOCC1.I. The highest BCUT2D eigenvalue weighted by Crippen LogP contribution is 2.19. The molecule has 0 radical (unpaired) electrons. The Labute approximate surface area is 174 Å². The first-order valence-corrected chi connectivity index (χ1v) is 8.96. The van der Waals surface area contributed by atoms with Crippen molar-refractivity contribution >= 4 is 35.6 Å². The van der Waals surface area contributed by atoms with Gasteiger partial charge in [0.25, 0.3) is 0 Å². The van der Waals surface area contributed by atoms with Crippen LogP contribution in [0.4, 0.5) is 10.1 Å². The first-order valence-electron chi connectivity index (χ1n) is 8.96. The highest BCUT2D eigenvalue weighted by molar-refractivity contribution is 14.0. The van der Waals surface area contributed by atoms with Gasteiger partial charge in [-0.3, -0.25) is 4.99 Å². The summed E-state index contributed by atoms with van der Waals surface area (Å²) in [4.78, 5) is 8.25. The average Bonchev–Trinajstić information content (AvgIpc) is 2.61. The Morgan fingerprint density at radius 2 is 1.96 bits per heavy atom. The molecule has 1 N–H and O–H groups in total. The molecule has 5 nitrogen and oxygen atoms in total. The van der Waals surface area contributed by atoms with Crippen LogP contribution in [0.3, 0.4) is 0 Å². The molecule has 148 valence electrons. The number of halogens is 2. The van der Waals surface area contributed by atoms with Crippen LogP contribution in [0, 0.1) is 11.7 Å². The summed E-state index contributed by atoms with van der Waals surface area (Å²) in [5.74, 6) is 1.37. The predicted octanol–water partition coefficient (Wildman–Crippen LogP) is 3.33. The van der Waals surface area contributed by atoms with E-state index in [1.807, 2.05) is 33.3 Å². The summed E-state index contributed by atoms with van der Waals surface area (Å²) in [6.07, 6.45) is 3.45. The third-order valence-corrected chi connectivity index (χ3v) is 4.73. The zero-order chi connectivity index (χ0) is 18.2. The Bertz CT molecular complexity index is 577. The van der Waals surface area contributed by atoms with Crippen molar-refractivity contribution in [3.63, 3.8) is 0 Å². The van der Waals surface area contributed by atoms with Crippen LogP contribution >= 0.6 is 24.0 Å². The van der Waals surface area contributed by atoms with Crippen LogP contribution in [-0.2, 0) is 11.3 Å². The molecule has 26 heavy (non-hydrogen) atoms. The van der Waals surface area contributed by atoms with Crippen LogP contribution in [0.2, 0.25) is 0 Å². The third-order valence-electron chi connectivity index (χ3n) is 4.73. The van der Waals surface area contributed by atoms with Gasteiger partial charge in [-0.25, -0.2) is 4.39 Å². The summed E-state index contributed by atoms with van der Waals surface area (Å²) in [6.45, 7) is 3.28. The maximum absolute atomic E-state index is 14.1. The van der Waals surface area contributed by atoms with Gasteiger partial charge in [0.2, 0.25) is 0 Å². The van der Waals surface area contributed by atoms with Crippen molar-refractivity contribution in [1.82, 2.24) is 10.2 Å². The number of nitrogens with one attached hydrogen (secondary N) is 1. The lowest BCUT2D eigenvalue weighted by Crippen LogP contribution is -2.39. The lowest BCUT2D eigenvalue weighted by molar-refractivity contribution is 0.0625. The van der Waals surface area contributed by atoms with Gasteiger partial charge in [0.15, 0.2) is 5.96 Å². The molecule has 0 aromatic heterocycles. The fourth-order valence-electron chi connectivity index (χ4n) is 3.11. The minimum Gasteiger partial charge on any atom is -0.381 e. The number of anilines is 1. The van der Waals surface area contributed by atoms with Crippen LogP contribution in [0.1, 0.15) is 24.8 Å². The van der Waals surface area contributed by atoms with Gasteiger partial charge in [0, 0.05) is 54.5 Å². The number of hydrogen-bond acceptors (Lipinski definition) is 3. The molecule has 1 aromatic rings. The minimum atomic E-state index is -0.202. The average molecular weight is 478 g/mol. The van der Waals surface area contributed by atoms with Crippen molar-refractivity contribution < 1.29 is 9.13 Å². The van der Waals surface area contributed by atoms with E-state index in [4.69, 9.17) is 4.74 Å². The molecule has 1 aromatic carbocycles. The molecule has 7 heteroatoms. The molecule has 0 bridgehead atoms. The fourth-order valence-corrected chi connectivity index (χ4v) is 3.11. The van der Waals surface area contributed by atoms with Crippen molar-refractivity contribution in [1.29, 1.82) is 0 Å². The second kappa shape index (κ2) is 11.6. The van der Waals surface area contributed by atoms with E-state index < -0.39 is 0 Å². The van der Waals surface area contributed by atoms with E-state index in [0.29, 0.717) is 12.2 Å². The third kappa shape index (κ3) is 6.90. The first kappa shape index (κ1) is 23.0. The highest BCUT2D eigenvalue weighted by Gasteiger charge is 2.15. The fraction of sp³-hybridized carbons (Fsp3) is 0.632. The van der Waals surface area contributed by atoms with Crippen LogP contribution in [-0.4, -0.2) is 58.8 Å². The van der Waals surface area contributed by atoms with Gasteiger partial charge in [0.1, 0.15) is 5.82 Å². The Morgan fingerprint density at radius 3 is 2.54 bits per heavy atom. The van der Waals surface area contributed by atoms with Gasteiger partial charge in [-0.2, -0.15) is 0 Å². The molecular formula is C19H32FIN4O. The zero-order valence-corrected chi connectivity index (χ0v) is 18.6. The van der Waals surface area contributed by atoms with E-state index in [1.54, 1.807) is 18.0 Å². The summed E-state index contributed by atoms with van der Waals surface area (Å²) in [5, 5.41) is 3.32. The number of guanidine groups is 1. The molecule has 0 amide bonds. The number of benzene rings is 1. The van der Waals surface area contributed by atoms with Gasteiger partial charge in [-0.1, -0.05) is 6.07 Å². The number of nitrogens with zero attached hydrogens (tertiary/aromatic N) is 3. The Kier molecular flexibility index (Phi) is 10.2. The molecule has 1 saturated heterocycles. The van der Waals surface area contributed by atoms with E-state index in [1.165, 1.54) is 0 Å². The minimum absolute atomic E-state index is 0. The lowest BCUT2D eigenvalue weighted by atomic mass is 9.96. The largest absolute Gasteiger partial charge is 0.381 e. The van der Waals surface area contributed by atoms with Gasteiger partial charge in [-0.05, 0) is 42.9 Å². The van der Waals surface area contributed by atoms with Crippen LogP contribution in [0.15, 0.2) is 23.2 Å². The summed E-state index contributed by atoms with van der Waals surface area (Å²) < 4.78 is 19.5. The van der Waals surface area contributed by atoms with E-state index in [9.17, 15) is 4.39 Å². The molecule has 2 rings (SSSR count). The van der Waals surface area contributed by atoms with Crippen LogP contribution in [0.5, 0.6) is 0 Å². The van der Waals surface area contributed by atoms with E-state index in [0.717, 1.165) is 56.5 Å². The molecule has 0 unspecified atom stereocenters. The van der Waals surface area contributed by atoms with Crippen molar-refractivity contribution in [2.45, 2.75) is 25.8 Å². The highest BCUT2D eigenvalue weighted by atomic mass is 127. The van der Waals surface area contributed by atoms with Gasteiger partial charge >= 0.3 is 0 Å². The van der Waals surface area contributed by atoms with E-state index in [-0.39, 0.29) is 29.8 Å². The number of aliphatic imine (C=N–C) groups is 1. The smallest absolute Gasteiger partial charge is 0.193 e. The predicted molar refractivity (Wildman–Crippen MR) is 117 cm³/mol. The Morgan fingerprint density at radius 1 is 1.27 bits per heavy atom. The quantitative estimate of drug-likeness (QED) is 0.387. The lowest BCUT2D eigenvalue weighted by Gasteiger charge is -2.27.